The third kappa shape index (κ3) is 3.63. The maximum atomic E-state index is 5.09. The fourth-order valence-electron chi connectivity index (χ4n) is 1.94. The van der Waals surface area contributed by atoms with Gasteiger partial charge in [0.1, 0.15) is 0 Å². The summed E-state index contributed by atoms with van der Waals surface area (Å²) in [5, 5.41) is 3.41. The molecule has 1 atom stereocenters. The molecule has 3 heteroatoms. The van der Waals surface area contributed by atoms with E-state index >= 15 is 0 Å². The number of likely N-dealkylation sites (N-methyl/N-ethyl adjacent to an activating group) is 1. The molecule has 1 heterocycles. The van der Waals surface area contributed by atoms with E-state index in [1.807, 2.05) is 0 Å². The molecule has 1 aliphatic rings. The molecule has 78 valence electrons. The van der Waals surface area contributed by atoms with E-state index in [4.69, 9.17) is 4.74 Å². The molecule has 1 fully saturated rings. The van der Waals surface area contributed by atoms with Gasteiger partial charge >= 0.3 is 0 Å². The van der Waals surface area contributed by atoms with Crippen LogP contribution in [0.2, 0.25) is 0 Å². The number of ether oxygens (including phenoxy) is 1. The SMILES string of the molecule is CCNC[C@@H]1CCCN1CCOC. The Labute approximate surface area is 81.4 Å². The van der Waals surface area contributed by atoms with Crippen molar-refractivity contribution in [2.75, 3.05) is 39.9 Å². The summed E-state index contributed by atoms with van der Waals surface area (Å²) in [5.74, 6) is 0. The molecule has 0 aromatic heterocycles. The van der Waals surface area contributed by atoms with Crippen LogP contribution < -0.4 is 5.32 Å². The van der Waals surface area contributed by atoms with E-state index in [2.05, 4.69) is 17.1 Å². The van der Waals surface area contributed by atoms with Gasteiger partial charge in [0.2, 0.25) is 0 Å². The van der Waals surface area contributed by atoms with Crippen LogP contribution in [0.15, 0.2) is 0 Å². The largest absolute Gasteiger partial charge is 0.383 e. The van der Waals surface area contributed by atoms with Crippen molar-refractivity contribution in [2.24, 2.45) is 0 Å². The Balaban J connectivity index is 2.18. The van der Waals surface area contributed by atoms with E-state index < -0.39 is 0 Å². The first kappa shape index (κ1) is 11.0. The van der Waals surface area contributed by atoms with Crippen molar-refractivity contribution in [1.29, 1.82) is 0 Å². The monoisotopic (exact) mass is 186 g/mol. The number of methoxy groups -OCH3 is 1. The maximum Gasteiger partial charge on any atom is 0.0589 e. The Hall–Kier alpha value is -0.120. The second-order valence-corrected chi connectivity index (χ2v) is 3.63. The Kier molecular flexibility index (Phi) is 5.35. The number of rotatable bonds is 6. The van der Waals surface area contributed by atoms with Gasteiger partial charge in [0.15, 0.2) is 0 Å². The molecule has 0 amide bonds. The van der Waals surface area contributed by atoms with Gasteiger partial charge in [0.25, 0.3) is 0 Å². The summed E-state index contributed by atoms with van der Waals surface area (Å²) in [7, 11) is 1.77. The van der Waals surface area contributed by atoms with Crippen molar-refractivity contribution in [3.05, 3.63) is 0 Å². The highest BCUT2D eigenvalue weighted by Crippen LogP contribution is 2.15. The summed E-state index contributed by atoms with van der Waals surface area (Å²) in [4.78, 5) is 2.53. The van der Waals surface area contributed by atoms with Gasteiger partial charge in [-0.3, -0.25) is 4.90 Å². The number of likely N-dealkylation sites (tertiary alicyclic amines) is 1. The van der Waals surface area contributed by atoms with Crippen LogP contribution in [-0.2, 0) is 4.74 Å². The Morgan fingerprint density at radius 2 is 2.38 bits per heavy atom. The van der Waals surface area contributed by atoms with E-state index in [-0.39, 0.29) is 0 Å². The Bertz CT molecular complexity index is 116. The van der Waals surface area contributed by atoms with E-state index in [1.54, 1.807) is 7.11 Å². The van der Waals surface area contributed by atoms with Crippen LogP contribution in [0, 0.1) is 0 Å². The minimum atomic E-state index is 0.745. The highest BCUT2D eigenvalue weighted by molar-refractivity contribution is 4.80. The molecule has 1 saturated heterocycles. The highest BCUT2D eigenvalue weighted by atomic mass is 16.5. The zero-order chi connectivity index (χ0) is 9.52. The molecule has 0 unspecified atom stereocenters. The molecule has 0 saturated carbocycles. The predicted molar refractivity (Wildman–Crippen MR) is 55.0 cm³/mol. The number of hydrogen-bond acceptors (Lipinski definition) is 3. The lowest BCUT2D eigenvalue weighted by Crippen LogP contribution is -2.39. The van der Waals surface area contributed by atoms with Crippen LogP contribution in [0.5, 0.6) is 0 Å². The van der Waals surface area contributed by atoms with Gasteiger partial charge in [-0.05, 0) is 25.9 Å². The van der Waals surface area contributed by atoms with Crippen LogP contribution in [0.3, 0.4) is 0 Å². The van der Waals surface area contributed by atoms with Crippen LogP contribution in [-0.4, -0.2) is 50.8 Å². The minimum Gasteiger partial charge on any atom is -0.383 e. The lowest BCUT2D eigenvalue weighted by atomic mass is 10.2. The molecule has 1 N–H and O–H groups in total. The Morgan fingerprint density at radius 3 is 3.08 bits per heavy atom. The first-order valence-corrected chi connectivity index (χ1v) is 5.32. The molecular weight excluding hydrogens is 164 g/mol. The second-order valence-electron chi connectivity index (χ2n) is 3.63. The summed E-state index contributed by atoms with van der Waals surface area (Å²) in [6.45, 7) is 7.58. The van der Waals surface area contributed by atoms with E-state index in [0.717, 1.165) is 32.3 Å². The highest BCUT2D eigenvalue weighted by Gasteiger charge is 2.22. The van der Waals surface area contributed by atoms with Crippen molar-refractivity contribution in [1.82, 2.24) is 10.2 Å². The first-order valence-electron chi connectivity index (χ1n) is 5.32. The molecular formula is C10H22N2O. The fourth-order valence-corrected chi connectivity index (χ4v) is 1.94. The molecule has 0 spiro atoms. The molecule has 1 rings (SSSR count). The van der Waals surface area contributed by atoms with E-state index in [1.165, 1.54) is 19.4 Å². The quantitative estimate of drug-likeness (QED) is 0.661. The third-order valence-electron chi connectivity index (χ3n) is 2.71. The van der Waals surface area contributed by atoms with Crippen LogP contribution >= 0.6 is 0 Å². The molecule has 0 bridgehead atoms. The zero-order valence-electron chi connectivity index (χ0n) is 8.88. The van der Waals surface area contributed by atoms with Crippen molar-refractivity contribution in [3.63, 3.8) is 0 Å². The fraction of sp³-hybridized carbons (Fsp3) is 1.00. The van der Waals surface area contributed by atoms with E-state index in [0.29, 0.717) is 0 Å². The van der Waals surface area contributed by atoms with Gasteiger partial charge in [0, 0.05) is 26.2 Å². The van der Waals surface area contributed by atoms with Crippen LogP contribution in [0.25, 0.3) is 0 Å². The molecule has 0 aromatic carbocycles. The topological polar surface area (TPSA) is 24.5 Å². The lowest BCUT2D eigenvalue weighted by molar-refractivity contribution is 0.140. The van der Waals surface area contributed by atoms with Gasteiger partial charge < -0.3 is 10.1 Å². The summed E-state index contributed by atoms with van der Waals surface area (Å²) in [5.41, 5.74) is 0. The predicted octanol–water partition coefficient (Wildman–Crippen LogP) is 0.707. The average Bonchev–Trinajstić information content (AvgIpc) is 2.59. The van der Waals surface area contributed by atoms with Crippen LogP contribution in [0.4, 0.5) is 0 Å². The molecule has 0 radical (unpaired) electrons. The molecule has 13 heavy (non-hydrogen) atoms. The van der Waals surface area contributed by atoms with Crippen molar-refractivity contribution >= 4 is 0 Å². The smallest absolute Gasteiger partial charge is 0.0589 e. The molecule has 0 aromatic rings. The van der Waals surface area contributed by atoms with Gasteiger partial charge in [0.05, 0.1) is 6.61 Å². The second kappa shape index (κ2) is 6.35. The van der Waals surface area contributed by atoms with Crippen molar-refractivity contribution in [2.45, 2.75) is 25.8 Å². The minimum absolute atomic E-state index is 0.745. The van der Waals surface area contributed by atoms with Gasteiger partial charge in [-0.2, -0.15) is 0 Å². The molecule has 3 nitrogen and oxygen atoms in total. The van der Waals surface area contributed by atoms with Crippen molar-refractivity contribution < 1.29 is 4.74 Å². The number of nitrogens with one attached hydrogen (secondary N) is 1. The summed E-state index contributed by atoms with van der Waals surface area (Å²) in [6.07, 6.45) is 2.69. The van der Waals surface area contributed by atoms with Gasteiger partial charge in [-0.15, -0.1) is 0 Å². The molecule has 0 aliphatic carbocycles. The standard InChI is InChI=1S/C10H22N2O/c1-3-11-9-10-5-4-6-12(10)7-8-13-2/h10-11H,3-9H2,1-2H3/t10-/m0/s1. The number of hydrogen-bond donors (Lipinski definition) is 1. The van der Waals surface area contributed by atoms with Gasteiger partial charge in [-0.1, -0.05) is 6.92 Å². The van der Waals surface area contributed by atoms with Crippen LogP contribution in [0.1, 0.15) is 19.8 Å². The first-order chi connectivity index (χ1) is 6.38. The average molecular weight is 186 g/mol. The molecule has 1 aliphatic heterocycles. The third-order valence-corrected chi connectivity index (χ3v) is 2.71. The normalized spacial score (nSPS) is 24.0. The summed E-state index contributed by atoms with van der Waals surface area (Å²) in [6, 6.07) is 0.745. The van der Waals surface area contributed by atoms with E-state index in [9.17, 15) is 0 Å². The summed E-state index contributed by atoms with van der Waals surface area (Å²) < 4.78 is 5.09. The van der Waals surface area contributed by atoms with Crippen molar-refractivity contribution in [3.8, 4) is 0 Å². The Morgan fingerprint density at radius 1 is 1.54 bits per heavy atom. The summed E-state index contributed by atoms with van der Waals surface area (Å²) >= 11 is 0. The number of nitrogens with zero attached hydrogens (tertiary/aromatic N) is 1. The lowest BCUT2D eigenvalue weighted by Gasteiger charge is -2.24. The maximum absolute atomic E-state index is 5.09. The zero-order valence-corrected chi connectivity index (χ0v) is 8.88. The van der Waals surface area contributed by atoms with Gasteiger partial charge in [-0.25, -0.2) is 0 Å².